The topological polar surface area (TPSA) is 51.2 Å². The summed E-state index contributed by atoms with van der Waals surface area (Å²) in [5.41, 5.74) is 0.309. The fourth-order valence-corrected chi connectivity index (χ4v) is 1.97. The monoisotopic (exact) mass is 324 g/mol. The number of alkyl halides is 3. The number of carbonyl (C=O) groups excluding carboxylic acids is 1. The summed E-state index contributed by atoms with van der Waals surface area (Å²) in [6.45, 7) is 3.46. The number of nitrogens with zero attached hydrogens (tertiary/aromatic N) is 1. The number of hydrogen-bond acceptors (Lipinski definition) is 4. The lowest BCUT2D eigenvalue weighted by molar-refractivity contribution is -0.137. The molecule has 0 saturated carbocycles. The number of ether oxygens (including phenoxy) is 1. The van der Waals surface area contributed by atoms with Crippen molar-refractivity contribution < 1.29 is 22.7 Å². The van der Waals surface area contributed by atoms with E-state index in [1.54, 1.807) is 32.2 Å². The third-order valence-electron chi connectivity index (χ3n) is 3.12. The number of halogens is 3. The fourth-order valence-electron chi connectivity index (χ4n) is 1.97. The number of carbonyl (C=O) groups is 1. The summed E-state index contributed by atoms with van der Waals surface area (Å²) in [6, 6.07) is 6.16. The average molecular weight is 324 g/mol. The van der Waals surface area contributed by atoms with Crippen LogP contribution in [-0.2, 0) is 10.9 Å². The molecule has 0 aliphatic heterocycles. The van der Waals surface area contributed by atoms with Crippen LogP contribution in [0.15, 0.2) is 36.5 Å². The molecule has 2 aromatic rings. The van der Waals surface area contributed by atoms with Gasteiger partial charge in [0.2, 0.25) is 0 Å². The second-order valence-corrected chi connectivity index (χ2v) is 4.74. The van der Waals surface area contributed by atoms with Gasteiger partial charge < -0.3 is 10.1 Å². The van der Waals surface area contributed by atoms with E-state index in [0.717, 1.165) is 18.2 Å². The van der Waals surface area contributed by atoms with Gasteiger partial charge in [-0.05, 0) is 44.2 Å². The molecule has 122 valence electrons. The molecule has 0 bridgehead atoms. The van der Waals surface area contributed by atoms with Crippen molar-refractivity contribution in [3.8, 4) is 0 Å². The molecule has 0 spiro atoms. The van der Waals surface area contributed by atoms with Gasteiger partial charge in [0.15, 0.2) is 0 Å². The Morgan fingerprint density at radius 1 is 1.26 bits per heavy atom. The Balaban J connectivity index is 2.48. The first-order chi connectivity index (χ1) is 10.8. The molecule has 0 unspecified atom stereocenters. The minimum atomic E-state index is -4.51. The lowest BCUT2D eigenvalue weighted by atomic mass is 10.1. The second-order valence-electron chi connectivity index (χ2n) is 4.74. The molecule has 0 aliphatic carbocycles. The zero-order chi connectivity index (χ0) is 17.0. The standard InChI is InChI=1S/C16H15F3N2O2/c1-3-23-15(22)12-7-6-11(16(17,18)19)9-14(12)21-13-5-4-8-20-10(13)2/h4-9,21H,3H2,1-2H3. The number of pyridine rings is 1. The second kappa shape index (κ2) is 6.68. The number of esters is 1. The van der Waals surface area contributed by atoms with Crippen LogP contribution in [0.2, 0.25) is 0 Å². The van der Waals surface area contributed by atoms with Crippen molar-refractivity contribution in [3.63, 3.8) is 0 Å². The Labute approximate surface area is 131 Å². The van der Waals surface area contributed by atoms with E-state index in [4.69, 9.17) is 4.74 Å². The molecule has 0 saturated heterocycles. The van der Waals surface area contributed by atoms with Gasteiger partial charge in [0.1, 0.15) is 0 Å². The Kier molecular flexibility index (Phi) is 4.88. The van der Waals surface area contributed by atoms with E-state index in [2.05, 4.69) is 10.3 Å². The molecule has 1 aromatic heterocycles. The highest BCUT2D eigenvalue weighted by Gasteiger charge is 2.31. The van der Waals surface area contributed by atoms with E-state index in [-0.39, 0.29) is 17.9 Å². The van der Waals surface area contributed by atoms with Crippen LogP contribution < -0.4 is 5.32 Å². The van der Waals surface area contributed by atoms with Crippen molar-refractivity contribution in [2.45, 2.75) is 20.0 Å². The van der Waals surface area contributed by atoms with Crippen molar-refractivity contribution >= 4 is 17.3 Å². The average Bonchev–Trinajstić information content (AvgIpc) is 2.49. The van der Waals surface area contributed by atoms with Crippen molar-refractivity contribution in [1.82, 2.24) is 4.98 Å². The van der Waals surface area contributed by atoms with Crippen LogP contribution in [0.1, 0.15) is 28.5 Å². The fraction of sp³-hybridized carbons (Fsp3) is 0.250. The molecule has 2 rings (SSSR count). The molecule has 4 nitrogen and oxygen atoms in total. The lowest BCUT2D eigenvalue weighted by Gasteiger charge is -2.15. The van der Waals surface area contributed by atoms with Gasteiger partial charge in [-0.25, -0.2) is 4.79 Å². The molecule has 0 amide bonds. The largest absolute Gasteiger partial charge is 0.462 e. The summed E-state index contributed by atoms with van der Waals surface area (Å²) in [5.74, 6) is -0.690. The van der Waals surface area contributed by atoms with E-state index >= 15 is 0 Å². The van der Waals surface area contributed by atoms with Gasteiger partial charge in [0.05, 0.1) is 34.8 Å². The molecule has 7 heteroatoms. The lowest BCUT2D eigenvalue weighted by Crippen LogP contribution is -2.11. The summed E-state index contributed by atoms with van der Waals surface area (Å²) in [7, 11) is 0. The number of benzene rings is 1. The number of aromatic nitrogens is 1. The number of aryl methyl sites for hydroxylation is 1. The van der Waals surface area contributed by atoms with E-state index in [0.29, 0.717) is 11.4 Å². The highest BCUT2D eigenvalue weighted by atomic mass is 19.4. The molecule has 0 atom stereocenters. The number of rotatable bonds is 4. The van der Waals surface area contributed by atoms with Crippen LogP contribution in [0.5, 0.6) is 0 Å². The summed E-state index contributed by atoms with van der Waals surface area (Å²) in [5, 5.41) is 2.83. The van der Waals surface area contributed by atoms with Crippen molar-refractivity contribution in [1.29, 1.82) is 0 Å². The molecule has 0 aliphatic rings. The van der Waals surface area contributed by atoms with Crippen molar-refractivity contribution in [2.75, 3.05) is 11.9 Å². The maximum atomic E-state index is 12.9. The normalized spacial score (nSPS) is 11.2. The van der Waals surface area contributed by atoms with Crippen LogP contribution in [0.4, 0.5) is 24.5 Å². The first-order valence-electron chi connectivity index (χ1n) is 6.90. The Morgan fingerprint density at radius 2 is 2.00 bits per heavy atom. The maximum Gasteiger partial charge on any atom is 0.416 e. The zero-order valence-electron chi connectivity index (χ0n) is 12.6. The minimum absolute atomic E-state index is 0.0226. The van der Waals surface area contributed by atoms with Crippen molar-refractivity contribution in [3.05, 3.63) is 53.3 Å². The van der Waals surface area contributed by atoms with E-state index in [9.17, 15) is 18.0 Å². The molecule has 1 heterocycles. The quantitative estimate of drug-likeness (QED) is 0.851. The van der Waals surface area contributed by atoms with Gasteiger partial charge in [-0.3, -0.25) is 4.98 Å². The Hall–Kier alpha value is -2.57. The first kappa shape index (κ1) is 16.8. The highest BCUT2D eigenvalue weighted by molar-refractivity contribution is 5.96. The van der Waals surface area contributed by atoms with Crippen LogP contribution in [0.3, 0.4) is 0 Å². The molecule has 0 fully saturated rings. The van der Waals surface area contributed by atoms with Crippen LogP contribution in [0, 0.1) is 6.92 Å². The number of anilines is 2. The van der Waals surface area contributed by atoms with Gasteiger partial charge in [-0.2, -0.15) is 13.2 Å². The third-order valence-corrected chi connectivity index (χ3v) is 3.12. The summed E-state index contributed by atoms with van der Waals surface area (Å²) >= 11 is 0. The highest BCUT2D eigenvalue weighted by Crippen LogP contribution is 2.33. The molecule has 0 radical (unpaired) electrons. The van der Waals surface area contributed by atoms with Gasteiger partial charge in [-0.15, -0.1) is 0 Å². The third kappa shape index (κ3) is 4.00. The Bertz CT molecular complexity index is 715. The summed E-state index contributed by atoms with van der Waals surface area (Å²) in [4.78, 5) is 16.0. The molecule has 1 N–H and O–H groups in total. The molecule has 1 aromatic carbocycles. The number of hydrogen-bond donors (Lipinski definition) is 1. The number of nitrogens with one attached hydrogen (secondary N) is 1. The maximum absolute atomic E-state index is 12.9. The van der Waals surface area contributed by atoms with Gasteiger partial charge in [0, 0.05) is 6.20 Å². The smallest absolute Gasteiger partial charge is 0.416 e. The molecule has 23 heavy (non-hydrogen) atoms. The Morgan fingerprint density at radius 3 is 2.61 bits per heavy atom. The van der Waals surface area contributed by atoms with Gasteiger partial charge >= 0.3 is 12.1 Å². The molecular formula is C16H15F3N2O2. The predicted molar refractivity (Wildman–Crippen MR) is 79.7 cm³/mol. The van der Waals surface area contributed by atoms with Gasteiger partial charge in [-0.1, -0.05) is 0 Å². The summed E-state index contributed by atoms with van der Waals surface area (Å²) < 4.78 is 43.6. The van der Waals surface area contributed by atoms with Crippen LogP contribution in [0.25, 0.3) is 0 Å². The van der Waals surface area contributed by atoms with Gasteiger partial charge in [0.25, 0.3) is 0 Å². The summed E-state index contributed by atoms with van der Waals surface area (Å²) in [6.07, 6.45) is -2.94. The SMILES string of the molecule is CCOC(=O)c1ccc(C(F)(F)F)cc1Nc1cccnc1C. The van der Waals surface area contributed by atoms with E-state index < -0.39 is 17.7 Å². The van der Waals surface area contributed by atoms with E-state index in [1.807, 2.05) is 0 Å². The van der Waals surface area contributed by atoms with Crippen molar-refractivity contribution in [2.24, 2.45) is 0 Å². The van der Waals surface area contributed by atoms with E-state index in [1.165, 1.54) is 0 Å². The minimum Gasteiger partial charge on any atom is -0.462 e. The van der Waals surface area contributed by atoms with Crippen LogP contribution >= 0.6 is 0 Å². The molecular weight excluding hydrogens is 309 g/mol. The predicted octanol–water partition coefficient (Wildman–Crippen LogP) is 4.33. The first-order valence-corrected chi connectivity index (χ1v) is 6.90. The van der Waals surface area contributed by atoms with Crippen LogP contribution in [-0.4, -0.2) is 17.6 Å². The zero-order valence-corrected chi connectivity index (χ0v) is 12.6.